The van der Waals surface area contributed by atoms with Crippen molar-refractivity contribution in [2.24, 2.45) is 11.8 Å². The van der Waals surface area contributed by atoms with Crippen molar-refractivity contribution in [3.05, 3.63) is 94.1 Å². The first-order valence-electron chi connectivity index (χ1n) is 28.7. The molecule has 0 radical (unpaired) electrons. The number of benzene rings is 4. The molecule has 4 aromatic carbocycles. The zero-order valence-corrected chi connectivity index (χ0v) is 49.2. The number of rotatable bonds is 32. The summed E-state index contributed by atoms with van der Waals surface area (Å²) in [6, 6.07) is 17.0. The molecule has 2 saturated carbocycles. The van der Waals surface area contributed by atoms with Gasteiger partial charge in [0.1, 0.15) is 12.1 Å². The van der Waals surface area contributed by atoms with Crippen molar-refractivity contribution in [3.8, 4) is 57.5 Å². The first kappa shape index (κ1) is 59.6. The number of carbonyl (C=O) groups excluding carboxylic acids is 2. The fraction of sp³-hybridized carbons (Fsp3) is 0.562. The second-order valence-electron chi connectivity index (χ2n) is 22.1. The van der Waals surface area contributed by atoms with Gasteiger partial charge in [-0.25, -0.2) is 0 Å². The lowest BCUT2D eigenvalue weighted by molar-refractivity contribution is -0.960. The Morgan fingerprint density at radius 2 is 0.787 bits per heavy atom. The Morgan fingerprint density at radius 1 is 0.450 bits per heavy atom. The molecule has 16 heteroatoms. The Hall–Kier alpha value is -6.52. The summed E-state index contributed by atoms with van der Waals surface area (Å²) >= 11 is 0. The summed E-state index contributed by atoms with van der Waals surface area (Å²) in [7, 11) is 16.6. The molecule has 0 saturated heterocycles. The van der Waals surface area contributed by atoms with E-state index in [2.05, 4.69) is 48.5 Å². The van der Waals surface area contributed by atoms with Gasteiger partial charge in [-0.05, 0) is 109 Å². The number of quaternary nitrogens is 2. The summed E-state index contributed by atoms with van der Waals surface area (Å²) < 4.78 is 71.3. The zero-order chi connectivity index (χ0) is 56.8. The van der Waals surface area contributed by atoms with E-state index in [9.17, 15) is 9.59 Å². The van der Waals surface area contributed by atoms with Crippen LogP contribution in [0.5, 0.6) is 57.5 Å². The maximum Gasteiger partial charge on any atom is 0.306 e. The van der Waals surface area contributed by atoms with Gasteiger partial charge in [-0.15, -0.1) is 0 Å². The van der Waals surface area contributed by atoms with Crippen molar-refractivity contribution in [3.63, 3.8) is 0 Å². The number of fused-ring (bicyclic) bond motifs is 2. The lowest BCUT2D eigenvalue weighted by Crippen LogP contribution is -2.56. The van der Waals surface area contributed by atoms with Crippen LogP contribution in [-0.2, 0) is 44.7 Å². The number of hydrogen-bond donors (Lipinski definition) is 0. The Labute approximate surface area is 474 Å². The van der Waals surface area contributed by atoms with Crippen LogP contribution in [0.1, 0.15) is 110 Å². The van der Waals surface area contributed by atoms with Crippen LogP contribution in [0.25, 0.3) is 0 Å². The molecule has 0 amide bonds. The summed E-state index contributed by atoms with van der Waals surface area (Å²) in [5, 5.41) is 0. The summed E-state index contributed by atoms with van der Waals surface area (Å²) in [4.78, 5) is 26.2. The van der Waals surface area contributed by atoms with Crippen molar-refractivity contribution >= 4 is 11.9 Å². The zero-order valence-electron chi connectivity index (χ0n) is 49.2. The lowest BCUT2D eigenvalue weighted by Gasteiger charge is -2.49. The van der Waals surface area contributed by atoms with Crippen LogP contribution >= 0.6 is 0 Å². The van der Waals surface area contributed by atoms with Crippen molar-refractivity contribution in [1.82, 2.24) is 0 Å². The topological polar surface area (TPSA) is 145 Å². The molecular formula is C64H88N2O14+2. The Morgan fingerprint density at radius 3 is 1.10 bits per heavy atom. The molecule has 0 N–H and O–H groups in total. The van der Waals surface area contributed by atoms with E-state index < -0.39 is 0 Å². The van der Waals surface area contributed by atoms with Crippen LogP contribution in [0, 0.1) is 11.8 Å². The molecule has 2 unspecified atom stereocenters. The third-order valence-corrected chi connectivity index (χ3v) is 17.1. The van der Waals surface area contributed by atoms with E-state index in [4.69, 9.17) is 56.8 Å². The number of allylic oxidation sites excluding steroid dienone is 2. The molecule has 436 valence electrons. The second kappa shape index (κ2) is 27.8. The van der Waals surface area contributed by atoms with E-state index in [-0.39, 0.29) is 36.9 Å². The lowest BCUT2D eigenvalue weighted by atomic mass is 9.85. The maximum atomic E-state index is 13.1. The average molecular weight is 1110 g/mol. The Balaban J connectivity index is 0.835. The molecule has 2 heterocycles. The highest BCUT2D eigenvalue weighted by Crippen LogP contribution is 2.50. The van der Waals surface area contributed by atoms with Gasteiger partial charge in [0.2, 0.25) is 11.5 Å². The number of hydrogen-bond acceptors (Lipinski definition) is 14. The summed E-state index contributed by atoms with van der Waals surface area (Å²) in [6.45, 7) is 6.45. The van der Waals surface area contributed by atoms with Crippen molar-refractivity contribution in [2.75, 3.05) is 124 Å². The van der Waals surface area contributed by atoms with Gasteiger partial charge < -0.3 is 65.8 Å². The molecule has 4 aliphatic rings. The monoisotopic (exact) mass is 1110 g/mol. The van der Waals surface area contributed by atoms with Gasteiger partial charge in [0.15, 0.2) is 46.0 Å². The standard InChI is InChI=1S/C64H88N2O14/c1-69-53-37-47-23-27-65(41-43-19-20-43,51(49(47)39-55(53)71-3)31-45-33-57(73-5)63(77-9)58(34-45)74-6)25-15-29-79-61(67)17-13-11-12-14-18-62(68)80-30-16-26-66(42-44-21-22-44)28-24-48-38-54(70-2)56(72-4)40-50(48)52(66)32-46-35-59(75-7)64(78-10)60(36-46)76-8/h11-12,33-40,43-44,51-52H,13-32,41-42H2,1-10H3/q+2/b12-11+/t51-,52-,65?,66?/m1/s1. The van der Waals surface area contributed by atoms with Crippen molar-refractivity contribution in [2.45, 2.75) is 102 Å². The largest absolute Gasteiger partial charge is 0.493 e. The molecule has 2 fully saturated rings. The third kappa shape index (κ3) is 14.1. The van der Waals surface area contributed by atoms with Gasteiger partial charge >= 0.3 is 11.9 Å². The van der Waals surface area contributed by atoms with E-state index in [0.29, 0.717) is 83.9 Å². The van der Waals surface area contributed by atoms with E-state index in [1.165, 1.54) is 47.9 Å². The van der Waals surface area contributed by atoms with Crippen LogP contribution in [0.2, 0.25) is 0 Å². The molecule has 2 aliphatic heterocycles. The molecule has 0 aromatic heterocycles. The summed E-state index contributed by atoms with van der Waals surface area (Å²) in [5.74, 6) is 7.39. The molecule has 2 aliphatic carbocycles. The van der Waals surface area contributed by atoms with E-state index in [0.717, 1.165) is 109 Å². The number of carbonyl (C=O) groups is 2. The predicted molar refractivity (Wildman–Crippen MR) is 306 cm³/mol. The third-order valence-electron chi connectivity index (χ3n) is 17.1. The SMILES string of the molecule is COc1cc2c(cc1OC)[C@@H](Cc1cc(OC)c(OC)c(OC)c1)[N+](CCCOC(=O)CC/C=C/CCC(=O)OCCC[N+]1(CC3CC3)CCc3cc(OC)c(OC)cc3[C@H]1Cc1cc(OC)c(OC)c(OC)c1)(CC1CC1)CC2. The molecule has 16 nitrogen and oxygen atoms in total. The minimum atomic E-state index is -0.221. The maximum absolute atomic E-state index is 13.1. The first-order valence-corrected chi connectivity index (χ1v) is 28.7. The first-order chi connectivity index (χ1) is 38.9. The highest BCUT2D eigenvalue weighted by molar-refractivity contribution is 5.70. The molecule has 80 heavy (non-hydrogen) atoms. The normalized spacial score (nSPS) is 20.2. The Bertz CT molecular complexity index is 2540. The van der Waals surface area contributed by atoms with Crippen molar-refractivity contribution < 1.29 is 75.4 Å². The van der Waals surface area contributed by atoms with Gasteiger partial charge in [0.05, 0.1) is 124 Å². The fourth-order valence-electron chi connectivity index (χ4n) is 12.8. The minimum Gasteiger partial charge on any atom is -0.493 e. The van der Waals surface area contributed by atoms with Crippen molar-refractivity contribution in [1.29, 1.82) is 0 Å². The van der Waals surface area contributed by atoms with Gasteiger partial charge in [0.25, 0.3) is 0 Å². The van der Waals surface area contributed by atoms with Crippen LogP contribution < -0.4 is 47.4 Å². The van der Waals surface area contributed by atoms with E-state index in [1.807, 2.05) is 12.2 Å². The van der Waals surface area contributed by atoms with E-state index in [1.54, 1.807) is 71.1 Å². The number of ether oxygens (including phenoxy) is 12. The molecule has 4 aromatic rings. The fourth-order valence-corrected chi connectivity index (χ4v) is 12.8. The predicted octanol–water partition coefficient (Wildman–Crippen LogP) is 10.6. The van der Waals surface area contributed by atoms with Crippen LogP contribution in [0.15, 0.2) is 60.7 Å². The highest BCUT2D eigenvalue weighted by Gasteiger charge is 2.48. The summed E-state index contributed by atoms with van der Waals surface area (Å²) in [5.41, 5.74) is 7.20. The molecule has 0 spiro atoms. The minimum absolute atomic E-state index is 0.0978. The number of nitrogens with zero attached hydrogens (tertiary/aromatic N) is 2. The van der Waals surface area contributed by atoms with Gasteiger partial charge in [-0.3, -0.25) is 9.59 Å². The molecule has 8 rings (SSSR count). The smallest absolute Gasteiger partial charge is 0.306 e. The van der Waals surface area contributed by atoms with Crippen LogP contribution in [0.3, 0.4) is 0 Å². The summed E-state index contributed by atoms with van der Waals surface area (Å²) in [6.07, 6.45) is 15.2. The Kier molecular flexibility index (Phi) is 20.7. The quantitative estimate of drug-likeness (QED) is 0.0198. The van der Waals surface area contributed by atoms with Gasteiger partial charge in [0, 0.05) is 74.3 Å². The molecular weight excluding hydrogens is 1020 g/mol. The van der Waals surface area contributed by atoms with Gasteiger partial charge in [-0.2, -0.15) is 0 Å². The van der Waals surface area contributed by atoms with Crippen LogP contribution in [-0.4, -0.2) is 144 Å². The average Bonchev–Trinajstić information content (AvgIpc) is 4.53. The van der Waals surface area contributed by atoms with Crippen LogP contribution in [0.4, 0.5) is 0 Å². The molecule has 4 atom stereocenters. The van der Waals surface area contributed by atoms with E-state index >= 15 is 0 Å². The highest BCUT2D eigenvalue weighted by atomic mass is 16.6. The number of esters is 2. The van der Waals surface area contributed by atoms with Gasteiger partial charge in [-0.1, -0.05) is 12.2 Å². The molecule has 0 bridgehead atoms. The number of methoxy groups -OCH3 is 10. The second-order valence-corrected chi connectivity index (χ2v) is 22.1.